The van der Waals surface area contributed by atoms with Crippen LogP contribution >= 0.6 is 12.4 Å². The molecule has 106 valence electrons. The van der Waals surface area contributed by atoms with Crippen LogP contribution in [0, 0.1) is 0 Å². The highest BCUT2D eigenvalue weighted by molar-refractivity contribution is 5.93. The zero-order valence-corrected chi connectivity index (χ0v) is 11.8. The van der Waals surface area contributed by atoms with E-state index in [4.69, 9.17) is 0 Å². The Kier molecular flexibility index (Phi) is 4.74. The molecule has 0 saturated carbocycles. The monoisotopic (exact) mass is 292 g/mol. The van der Waals surface area contributed by atoms with Crippen LogP contribution in [0.5, 0.6) is 0 Å². The first-order valence-electron chi connectivity index (χ1n) is 6.54. The number of imidazole rings is 1. The molecular formula is C14H17ClN4O. The summed E-state index contributed by atoms with van der Waals surface area (Å²) in [6.45, 7) is 1.67. The normalized spacial score (nSPS) is 16.9. The van der Waals surface area contributed by atoms with Gasteiger partial charge in [0.1, 0.15) is 5.82 Å². The molecule has 1 unspecified atom stereocenters. The Balaban J connectivity index is 0.00000147. The standard InChI is InChI=1S/C14H16N4O.ClH/c19-14(11-3-5-15-6-4-11)17-10-12-2-1-8-18-9-7-16-13(12)18;/h3-7,9,12H,1-2,8,10H2,(H,17,19);1H. The quantitative estimate of drug-likeness (QED) is 0.941. The van der Waals surface area contributed by atoms with Crippen LogP contribution in [0.3, 0.4) is 0 Å². The molecule has 0 spiro atoms. The fourth-order valence-corrected chi connectivity index (χ4v) is 2.52. The number of amides is 1. The van der Waals surface area contributed by atoms with E-state index in [1.54, 1.807) is 24.5 Å². The van der Waals surface area contributed by atoms with Gasteiger partial charge in [0.25, 0.3) is 5.91 Å². The van der Waals surface area contributed by atoms with Crippen LogP contribution < -0.4 is 5.32 Å². The molecule has 20 heavy (non-hydrogen) atoms. The van der Waals surface area contributed by atoms with Crippen LogP contribution in [0.1, 0.15) is 34.9 Å². The first kappa shape index (κ1) is 14.5. The molecule has 3 heterocycles. The number of carbonyl (C=O) groups is 1. The van der Waals surface area contributed by atoms with Crippen LogP contribution in [-0.2, 0) is 6.54 Å². The molecule has 3 rings (SSSR count). The zero-order chi connectivity index (χ0) is 13.1. The average molecular weight is 293 g/mol. The summed E-state index contributed by atoms with van der Waals surface area (Å²) in [5.41, 5.74) is 0.647. The highest BCUT2D eigenvalue weighted by Crippen LogP contribution is 2.24. The maximum atomic E-state index is 12.0. The van der Waals surface area contributed by atoms with Crippen molar-refractivity contribution in [2.45, 2.75) is 25.3 Å². The van der Waals surface area contributed by atoms with Gasteiger partial charge in [-0.05, 0) is 25.0 Å². The maximum absolute atomic E-state index is 12.0. The van der Waals surface area contributed by atoms with Crippen molar-refractivity contribution in [3.63, 3.8) is 0 Å². The largest absolute Gasteiger partial charge is 0.351 e. The van der Waals surface area contributed by atoms with E-state index in [-0.39, 0.29) is 18.3 Å². The lowest BCUT2D eigenvalue weighted by Crippen LogP contribution is -2.31. The van der Waals surface area contributed by atoms with Gasteiger partial charge in [-0.3, -0.25) is 9.78 Å². The summed E-state index contributed by atoms with van der Waals surface area (Å²) >= 11 is 0. The lowest BCUT2D eigenvalue weighted by molar-refractivity contribution is 0.0949. The van der Waals surface area contributed by atoms with Gasteiger partial charge in [-0.15, -0.1) is 12.4 Å². The molecule has 0 bridgehead atoms. The number of hydrogen-bond donors (Lipinski definition) is 1. The number of nitrogens with zero attached hydrogens (tertiary/aromatic N) is 3. The Morgan fingerprint density at radius 2 is 2.15 bits per heavy atom. The molecular weight excluding hydrogens is 276 g/mol. The minimum atomic E-state index is -0.0499. The van der Waals surface area contributed by atoms with Crippen molar-refractivity contribution in [3.05, 3.63) is 48.3 Å². The fraction of sp³-hybridized carbons (Fsp3) is 0.357. The molecule has 0 radical (unpaired) electrons. The molecule has 0 aliphatic carbocycles. The first-order chi connectivity index (χ1) is 9.34. The molecule has 5 nitrogen and oxygen atoms in total. The minimum absolute atomic E-state index is 0. The summed E-state index contributed by atoms with van der Waals surface area (Å²) in [5, 5.41) is 2.98. The molecule has 1 atom stereocenters. The topological polar surface area (TPSA) is 59.8 Å². The van der Waals surface area contributed by atoms with Gasteiger partial charge in [0.15, 0.2) is 0 Å². The molecule has 0 fully saturated rings. The third-order valence-electron chi connectivity index (χ3n) is 3.52. The minimum Gasteiger partial charge on any atom is -0.351 e. The molecule has 0 aromatic carbocycles. The number of rotatable bonds is 3. The Hall–Kier alpha value is -1.88. The number of hydrogen-bond acceptors (Lipinski definition) is 3. The number of fused-ring (bicyclic) bond motifs is 1. The molecule has 2 aromatic heterocycles. The van der Waals surface area contributed by atoms with Crippen LogP contribution in [0.25, 0.3) is 0 Å². The Labute approximate surface area is 123 Å². The van der Waals surface area contributed by atoms with Gasteiger partial charge < -0.3 is 9.88 Å². The van der Waals surface area contributed by atoms with Gasteiger partial charge in [-0.2, -0.15) is 0 Å². The summed E-state index contributed by atoms with van der Waals surface area (Å²) in [4.78, 5) is 20.3. The molecule has 6 heteroatoms. The maximum Gasteiger partial charge on any atom is 0.251 e. The molecule has 2 aromatic rings. The number of aryl methyl sites for hydroxylation is 1. The van der Waals surface area contributed by atoms with Crippen molar-refractivity contribution in [1.29, 1.82) is 0 Å². The number of nitrogens with one attached hydrogen (secondary N) is 1. The van der Waals surface area contributed by atoms with Gasteiger partial charge in [0.05, 0.1) is 0 Å². The van der Waals surface area contributed by atoms with Crippen molar-refractivity contribution < 1.29 is 4.79 Å². The van der Waals surface area contributed by atoms with E-state index in [2.05, 4.69) is 19.9 Å². The fourth-order valence-electron chi connectivity index (χ4n) is 2.52. The first-order valence-corrected chi connectivity index (χ1v) is 6.54. The second kappa shape index (κ2) is 6.52. The molecule has 1 amide bonds. The highest BCUT2D eigenvalue weighted by atomic mass is 35.5. The molecule has 1 N–H and O–H groups in total. The van der Waals surface area contributed by atoms with Crippen molar-refractivity contribution >= 4 is 18.3 Å². The third-order valence-corrected chi connectivity index (χ3v) is 3.52. The number of aromatic nitrogens is 3. The van der Waals surface area contributed by atoms with Crippen LogP contribution in [0.4, 0.5) is 0 Å². The number of carbonyl (C=O) groups excluding carboxylic acids is 1. The van der Waals surface area contributed by atoms with Gasteiger partial charge in [-0.25, -0.2) is 4.98 Å². The van der Waals surface area contributed by atoms with Crippen molar-refractivity contribution in [1.82, 2.24) is 19.9 Å². The summed E-state index contributed by atoms with van der Waals surface area (Å²) in [5.74, 6) is 1.35. The van der Waals surface area contributed by atoms with Gasteiger partial charge >= 0.3 is 0 Å². The average Bonchev–Trinajstić information content (AvgIpc) is 2.94. The van der Waals surface area contributed by atoms with Crippen molar-refractivity contribution in [3.8, 4) is 0 Å². The lowest BCUT2D eigenvalue weighted by atomic mass is 9.99. The van der Waals surface area contributed by atoms with E-state index in [1.807, 2.05) is 12.4 Å². The number of pyridine rings is 1. The Morgan fingerprint density at radius 3 is 2.95 bits per heavy atom. The van der Waals surface area contributed by atoms with E-state index < -0.39 is 0 Å². The predicted molar refractivity (Wildman–Crippen MR) is 78.0 cm³/mol. The van der Waals surface area contributed by atoms with Crippen LogP contribution in [-0.4, -0.2) is 27.0 Å². The summed E-state index contributed by atoms with van der Waals surface area (Å²) in [6, 6.07) is 3.44. The van der Waals surface area contributed by atoms with Gasteiger partial charge in [0.2, 0.25) is 0 Å². The summed E-state index contributed by atoms with van der Waals surface area (Å²) < 4.78 is 2.17. The van der Waals surface area contributed by atoms with Crippen molar-refractivity contribution in [2.24, 2.45) is 0 Å². The van der Waals surface area contributed by atoms with Gasteiger partial charge in [0, 0.05) is 49.4 Å². The van der Waals surface area contributed by atoms with E-state index in [0.29, 0.717) is 18.0 Å². The van der Waals surface area contributed by atoms with E-state index in [0.717, 1.165) is 25.2 Å². The summed E-state index contributed by atoms with van der Waals surface area (Å²) in [6.07, 6.45) is 9.31. The molecule has 0 saturated heterocycles. The Bertz CT molecular complexity index is 570. The Morgan fingerprint density at radius 1 is 1.35 bits per heavy atom. The van der Waals surface area contributed by atoms with Crippen LogP contribution in [0.15, 0.2) is 36.9 Å². The van der Waals surface area contributed by atoms with Gasteiger partial charge in [-0.1, -0.05) is 0 Å². The molecule has 1 aliphatic heterocycles. The third kappa shape index (κ3) is 2.99. The van der Waals surface area contributed by atoms with E-state index in [1.165, 1.54) is 0 Å². The predicted octanol–water partition coefficient (Wildman–Crippen LogP) is 2.01. The van der Waals surface area contributed by atoms with Crippen molar-refractivity contribution in [2.75, 3.05) is 6.54 Å². The summed E-state index contributed by atoms with van der Waals surface area (Å²) in [7, 11) is 0. The SMILES string of the molecule is Cl.O=C(NCC1CCCn2ccnc21)c1ccncc1. The molecule has 1 aliphatic rings. The smallest absolute Gasteiger partial charge is 0.251 e. The second-order valence-electron chi connectivity index (χ2n) is 4.76. The second-order valence-corrected chi connectivity index (χ2v) is 4.76. The zero-order valence-electron chi connectivity index (χ0n) is 11.0. The van der Waals surface area contributed by atoms with Crippen LogP contribution in [0.2, 0.25) is 0 Å². The number of halogens is 1. The lowest BCUT2D eigenvalue weighted by Gasteiger charge is -2.23. The highest BCUT2D eigenvalue weighted by Gasteiger charge is 2.21. The van der Waals surface area contributed by atoms with E-state index >= 15 is 0 Å². The van der Waals surface area contributed by atoms with E-state index in [9.17, 15) is 4.79 Å².